The molecule has 6 nitrogen and oxygen atoms in total. The zero-order chi connectivity index (χ0) is 20.2. The largest absolute Gasteiger partial charge is 0.417 e. The molecule has 0 aliphatic heterocycles. The second-order valence-electron chi connectivity index (χ2n) is 5.35. The molecule has 140 valence electrons. The molecule has 0 fully saturated rings. The Morgan fingerprint density at radius 2 is 1.85 bits per heavy atom. The van der Waals surface area contributed by atoms with Crippen LogP contribution in [0.2, 0.25) is 0 Å². The lowest BCUT2D eigenvalue weighted by Gasteiger charge is -2.11. The van der Waals surface area contributed by atoms with E-state index in [9.17, 15) is 26.4 Å². The molecule has 0 bridgehead atoms. The van der Waals surface area contributed by atoms with E-state index in [1.807, 2.05) is 0 Å². The predicted molar refractivity (Wildman–Crippen MR) is 89.4 cm³/mol. The molecule has 1 amide bonds. The van der Waals surface area contributed by atoms with E-state index in [1.165, 1.54) is 18.5 Å². The van der Waals surface area contributed by atoms with E-state index in [0.29, 0.717) is 17.2 Å². The summed E-state index contributed by atoms with van der Waals surface area (Å²) in [5.41, 5.74) is -1.07. The van der Waals surface area contributed by atoms with E-state index >= 15 is 0 Å². The number of rotatable bonds is 4. The summed E-state index contributed by atoms with van der Waals surface area (Å²) < 4.78 is 65.0. The van der Waals surface area contributed by atoms with Gasteiger partial charge < -0.3 is 0 Å². The molecule has 10 heteroatoms. The van der Waals surface area contributed by atoms with Crippen molar-refractivity contribution in [1.29, 1.82) is 5.26 Å². The maximum Gasteiger partial charge on any atom is 0.417 e. The summed E-state index contributed by atoms with van der Waals surface area (Å²) >= 11 is 0. The molecule has 0 saturated heterocycles. The zero-order valence-corrected chi connectivity index (χ0v) is 14.6. The maximum absolute atomic E-state index is 13.0. The number of benzene rings is 1. The number of nitriles is 1. The lowest BCUT2D eigenvalue weighted by atomic mass is 10.1. The number of sulfonamides is 1. The first-order valence-electron chi connectivity index (χ1n) is 7.31. The van der Waals surface area contributed by atoms with Crippen LogP contribution in [0.4, 0.5) is 13.2 Å². The first-order valence-corrected chi connectivity index (χ1v) is 8.80. The van der Waals surface area contributed by atoms with Gasteiger partial charge in [0.25, 0.3) is 15.9 Å². The highest BCUT2D eigenvalue weighted by atomic mass is 32.2. The van der Waals surface area contributed by atoms with Crippen molar-refractivity contribution in [3.8, 4) is 6.07 Å². The minimum Gasteiger partial charge on any atom is -0.269 e. The second kappa shape index (κ2) is 7.59. The zero-order valence-electron chi connectivity index (χ0n) is 13.8. The smallest absolute Gasteiger partial charge is 0.269 e. The summed E-state index contributed by atoms with van der Waals surface area (Å²) in [5, 5.41) is 8.75. The number of nitrogens with zero attached hydrogens (tertiary/aromatic N) is 2. The summed E-state index contributed by atoms with van der Waals surface area (Å²) in [4.78, 5) is 15.0. The van der Waals surface area contributed by atoms with Crippen LogP contribution in [-0.4, -0.2) is 19.3 Å². The number of hydrogen-bond donors (Lipinski definition) is 1. The van der Waals surface area contributed by atoms with Gasteiger partial charge in [0.1, 0.15) is 0 Å². The molecule has 2 aromatic rings. The summed E-state index contributed by atoms with van der Waals surface area (Å²) in [6.07, 6.45) is -0.951. The molecule has 1 aromatic carbocycles. The van der Waals surface area contributed by atoms with Crippen molar-refractivity contribution in [3.05, 3.63) is 65.5 Å². The highest BCUT2D eigenvalue weighted by Crippen LogP contribution is 2.33. The van der Waals surface area contributed by atoms with Crippen molar-refractivity contribution < 1.29 is 26.4 Å². The van der Waals surface area contributed by atoms with Crippen LogP contribution in [0, 0.1) is 11.3 Å². The van der Waals surface area contributed by atoms with Crippen LogP contribution < -0.4 is 4.72 Å². The summed E-state index contributed by atoms with van der Waals surface area (Å²) in [7, 11) is -4.56. The van der Waals surface area contributed by atoms with Crippen molar-refractivity contribution in [2.24, 2.45) is 0 Å². The number of hydrogen-bond acceptors (Lipinski definition) is 5. The van der Waals surface area contributed by atoms with Crippen LogP contribution in [0.25, 0.3) is 5.57 Å². The Balaban J connectivity index is 2.32. The average molecular weight is 395 g/mol. The van der Waals surface area contributed by atoms with Gasteiger partial charge in [0.15, 0.2) is 0 Å². The molecular formula is C17H12F3N3O3S. The number of carbonyl (C=O) groups is 1. The standard InChI is InChI=1S/C17H12F3N3O3S/c1-11(12-4-6-22-7-5-12)8-16(24)23-27(25,26)14-3-2-13(10-21)15(9-14)17(18,19)20/h2-9H,1H3,(H,23,24)/b11-8+. The molecule has 2 rings (SSSR count). The number of amides is 1. The lowest BCUT2D eigenvalue weighted by Crippen LogP contribution is -2.29. The van der Waals surface area contributed by atoms with Gasteiger partial charge in [-0.15, -0.1) is 0 Å². The Hall–Kier alpha value is -3.19. The summed E-state index contributed by atoms with van der Waals surface area (Å²) in [6, 6.07) is 6.42. The fourth-order valence-corrected chi connectivity index (χ4v) is 3.10. The van der Waals surface area contributed by atoms with Crippen molar-refractivity contribution >= 4 is 21.5 Å². The quantitative estimate of drug-likeness (QED) is 0.803. The van der Waals surface area contributed by atoms with E-state index in [2.05, 4.69) is 4.98 Å². The van der Waals surface area contributed by atoms with Gasteiger partial charge in [-0.1, -0.05) is 0 Å². The molecule has 0 unspecified atom stereocenters. The number of nitrogens with one attached hydrogen (secondary N) is 1. The number of alkyl halides is 3. The lowest BCUT2D eigenvalue weighted by molar-refractivity contribution is -0.137. The van der Waals surface area contributed by atoms with Gasteiger partial charge in [0.2, 0.25) is 0 Å². The Morgan fingerprint density at radius 3 is 2.41 bits per heavy atom. The van der Waals surface area contributed by atoms with E-state index in [-0.39, 0.29) is 0 Å². The first-order chi connectivity index (χ1) is 12.5. The molecule has 0 aliphatic rings. The molecular weight excluding hydrogens is 383 g/mol. The SMILES string of the molecule is C/C(=C\C(=O)NS(=O)(=O)c1ccc(C#N)c(C(F)(F)F)c1)c1ccncc1. The third-order valence-electron chi connectivity index (χ3n) is 3.45. The number of carbonyl (C=O) groups excluding carboxylic acids is 1. The minimum absolute atomic E-state index is 0.313. The van der Waals surface area contributed by atoms with Crippen LogP contribution in [0.5, 0.6) is 0 Å². The first kappa shape index (κ1) is 20.1. The van der Waals surface area contributed by atoms with Gasteiger partial charge in [-0.2, -0.15) is 18.4 Å². The van der Waals surface area contributed by atoms with Crippen LogP contribution in [-0.2, 0) is 21.0 Å². The highest BCUT2D eigenvalue weighted by molar-refractivity contribution is 7.90. The fraction of sp³-hybridized carbons (Fsp3) is 0.118. The van der Waals surface area contributed by atoms with Gasteiger partial charge in [-0.25, -0.2) is 13.1 Å². The van der Waals surface area contributed by atoms with E-state index in [4.69, 9.17) is 5.26 Å². The van der Waals surface area contributed by atoms with Crippen molar-refractivity contribution in [3.63, 3.8) is 0 Å². The number of allylic oxidation sites excluding steroid dienone is 1. The van der Waals surface area contributed by atoms with E-state index < -0.39 is 38.1 Å². The maximum atomic E-state index is 13.0. The van der Waals surface area contributed by atoms with E-state index in [1.54, 1.807) is 23.8 Å². The van der Waals surface area contributed by atoms with Gasteiger partial charge >= 0.3 is 6.18 Å². The number of pyridine rings is 1. The molecule has 0 aliphatic carbocycles. The normalized spacial score (nSPS) is 12.3. The molecule has 27 heavy (non-hydrogen) atoms. The topological polar surface area (TPSA) is 99.9 Å². The second-order valence-corrected chi connectivity index (χ2v) is 7.03. The van der Waals surface area contributed by atoms with Crippen LogP contribution in [0.3, 0.4) is 0 Å². The predicted octanol–water partition coefficient (Wildman–Crippen LogP) is 2.88. The average Bonchev–Trinajstić information content (AvgIpc) is 2.60. The molecule has 0 spiro atoms. The third-order valence-corrected chi connectivity index (χ3v) is 4.79. The highest BCUT2D eigenvalue weighted by Gasteiger charge is 2.35. The van der Waals surface area contributed by atoms with Crippen molar-refractivity contribution in [2.45, 2.75) is 18.0 Å². The fourth-order valence-electron chi connectivity index (χ4n) is 2.14. The molecule has 1 aromatic heterocycles. The van der Waals surface area contributed by atoms with Gasteiger partial charge in [0.05, 0.1) is 22.1 Å². The van der Waals surface area contributed by atoms with E-state index in [0.717, 1.165) is 18.2 Å². The Kier molecular flexibility index (Phi) is 5.66. The Bertz CT molecular complexity index is 1040. The number of aromatic nitrogens is 1. The molecule has 0 saturated carbocycles. The van der Waals surface area contributed by atoms with Crippen LogP contribution >= 0.6 is 0 Å². The Morgan fingerprint density at radius 1 is 1.22 bits per heavy atom. The monoisotopic (exact) mass is 395 g/mol. The van der Waals surface area contributed by atoms with Gasteiger partial charge in [-0.05, 0) is 48.4 Å². The number of halogens is 3. The Labute approximate surface area is 153 Å². The minimum atomic E-state index is -4.92. The van der Waals surface area contributed by atoms with Crippen molar-refractivity contribution in [2.75, 3.05) is 0 Å². The van der Waals surface area contributed by atoms with Gasteiger partial charge in [0, 0.05) is 18.5 Å². The summed E-state index contributed by atoms with van der Waals surface area (Å²) in [6.45, 7) is 1.56. The van der Waals surface area contributed by atoms with Crippen LogP contribution in [0.1, 0.15) is 23.6 Å². The van der Waals surface area contributed by atoms with Gasteiger partial charge in [-0.3, -0.25) is 9.78 Å². The van der Waals surface area contributed by atoms with Crippen molar-refractivity contribution in [1.82, 2.24) is 9.71 Å². The van der Waals surface area contributed by atoms with Crippen LogP contribution in [0.15, 0.2) is 53.7 Å². The molecule has 1 N–H and O–H groups in total. The third kappa shape index (κ3) is 4.92. The molecule has 0 atom stereocenters. The summed E-state index contributed by atoms with van der Waals surface area (Å²) in [5.74, 6) is -1.03. The molecule has 1 heterocycles. The molecule has 0 radical (unpaired) electrons.